The molecule has 0 saturated carbocycles. The summed E-state index contributed by atoms with van der Waals surface area (Å²) >= 11 is 5.27. The monoisotopic (exact) mass is 343 g/mol. The van der Waals surface area contributed by atoms with Gasteiger partial charge in [0.2, 0.25) is 0 Å². The molecule has 0 fully saturated rings. The number of benzene rings is 2. The summed E-state index contributed by atoms with van der Waals surface area (Å²) in [7, 11) is 0. The highest BCUT2D eigenvalue weighted by molar-refractivity contribution is 7.80. The standard InChI is InChI=1S/C19H22FN3S/c20-16-8-10-17(11-9-16)22-19(24)21-12-4-14-23-13-3-6-15-5-1-2-7-18(15)23/h1-2,5,7-11H,3-4,6,12-14H2,(H2,21,22,24). The minimum absolute atomic E-state index is 0.249. The third kappa shape index (κ3) is 4.45. The van der Waals surface area contributed by atoms with Crippen molar-refractivity contribution in [2.45, 2.75) is 19.3 Å². The van der Waals surface area contributed by atoms with E-state index in [1.807, 2.05) is 0 Å². The first kappa shape index (κ1) is 16.7. The van der Waals surface area contributed by atoms with Gasteiger partial charge in [-0.05, 0) is 67.4 Å². The Morgan fingerprint density at radius 3 is 2.75 bits per heavy atom. The lowest BCUT2D eigenvalue weighted by Crippen LogP contribution is -2.34. The summed E-state index contributed by atoms with van der Waals surface area (Å²) in [5.41, 5.74) is 3.61. The number of aryl methyl sites for hydroxylation is 1. The number of nitrogens with zero attached hydrogens (tertiary/aromatic N) is 1. The van der Waals surface area contributed by atoms with Gasteiger partial charge in [-0.2, -0.15) is 0 Å². The molecule has 2 aromatic carbocycles. The number of thiocarbonyl (C=S) groups is 1. The molecule has 126 valence electrons. The van der Waals surface area contributed by atoms with Crippen LogP contribution in [0.3, 0.4) is 0 Å². The highest BCUT2D eigenvalue weighted by atomic mass is 32.1. The number of rotatable bonds is 5. The van der Waals surface area contributed by atoms with Gasteiger partial charge in [0.1, 0.15) is 5.82 Å². The molecule has 24 heavy (non-hydrogen) atoms. The molecule has 3 rings (SSSR count). The van der Waals surface area contributed by atoms with E-state index in [2.05, 4.69) is 39.8 Å². The van der Waals surface area contributed by atoms with E-state index in [4.69, 9.17) is 12.2 Å². The second-order valence-electron chi connectivity index (χ2n) is 5.96. The van der Waals surface area contributed by atoms with E-state index in [-0.39, 0.29) is 5.82 Å². The molecular weight excluding hydrogens is 321 g/mol. The Kier molecular flexibility index (Phi) is 5.64. The van der Waals surface area contributed by atoms with Crippen LogP contribution in [-0.2, 0) is 6.42 Å². The molecule has 0 amide bonds. The van der Waals surface area contributed by atoms with Crippen LogP contribution >= 0.6 is 12.2 Å². The Bertz CT molecular complexity index is 687. The molecule has 0 bridgehead atoms. The first-order valence-corrected chi connectivity index (χ1v) is 8.76. The third-order valence-corrected chi connectivity index (χ3v) is 4.45. The smallest absolute Gasteiger partial charge is 0.170 e. The minimum atomic E-state index is -0.249. The summed E-state index contributed by atoms with van der Waals surface area (Å²) in [5, 5.41) is 6.84. The highest BCUT2D eigenvalue weighted by Crippen LogP contribution is 2.26. The van der Waals surface area contributed by atoms with Crippen molar-refractivity contribution in [3.63, 3.8) is 0 Å². The van der Waals surface area contributed by atoms with Gasteiger partial charge in [-0.25, -0.2) is 4.39 Å². The van der Waals surface area contributed by atoms with E-state index < -0.39 is 0 Å². The zero-order valence-electron chi connectivity index (χ0n) is 13.6. The Morgan fingerprint density at radius 1 is 1.12 bits per heavy atom. The number of anilines is 2. The first-order chi connectivity index (χ1) is 11.7. The Labute approximate surface area is 147 Å². The summed E-state index contributed by atoms with van der Waals surface area (Å²) in [6.07, 6.45) is 3.41. The molecule has 1 aliphatic heterocycles. The molecule has 1 heterocycles. The van der Waals surface area contributed by atoms with Gasteiger partial charge in [-0.1, -0.05) is 18.2 Å². The SMILES string of the molecule is Fc1ccc(NC(=S)NCCCN2CCCc3ccccc32)cc1. The fourth-order valence-electron chi connectivity index (χ4n) is 3.02. The number of hydrogen-bond donors (Lipinski definition) is 2. The van der Waals surface area contributed by atoms with Crippen LogP contribution < -0.4 is 15.5 Å². The third-order valence-electron chi connectivity index (χ3n) is 4.20. The van der Waals surface area contributed by atoms with Crippen LogP contribution in [0.25, 0.3) is 0 Å². The highest BCUT2D eigenvalue weighted by Gasteiger charge is 2.15. The molecule has 3 nitrogen and oxygen atoms in total. The van der Waals surface area contributed by atoms with Crippen molar-refractivity contribution < 1.29 is 4.39 Å². The van der Waals surface area contributed by atoms with Gasteiger partial charge < -0.3 is 15.5 Å². The summed E-state index contributed by atoms with van der Waals surface area (Å²) in [6, 6.07) is 14.8. The maximum absolute atomic E-state index is 12.9. The van der Waals surface area contributed by atoms with Crippen LogP contribution in [0.1, 0.15) is 18.4 Å². The number of hydrogen-bond acceptors (Lipinski definition) is 2. The summed E-state index contributed by atoms with van der Waals surface area (Å²) in [4.78, 5) is 2.46. The Hall–Kier alpha value is -2.14. The van der Waals surface area contributed by atoms with Crippen LogP contribution in [0.4, 0.5) is 15.8 Å². The van der Waals surface area contributed by atoms with E-state index in [0.29, 0.717) is 5.11 Å². The molecule has 0 aromatic heterocycles. The topological polar surface area (TPSA) is 27.3 Å². The zero-order chi connectivity index (χ0) is 16.8. The van der Waals surface area contributed by atoms with E-state index in [9.17, 15) is 4.39 Å². The Balaban J connectivity index is 1.41. The molecule has 0 unspecified atom stereocenters. The van der Waals surface area contributed by atoms with Crippen molar-refractivity contribution >= 4 is 28.7 Å². The number of nitrogens with one attached hydrogen (secondary N) is 2. The number of fused-ring (bicyclic) bond motifs is 1. The molecule has 0 saturated heterocycles. The molecule has 1 aliphatic rings. The maximum atomic E-state index is 12.9. The summed E-state index contributed by atoms with van der Waals surface area (Å²) in [5.74, 6) is -0.249. The van der Waals surface area contributed by atoms with Gasteiger partial charge in [0.15, 0.2) is 5.11 Å². The van der Waals surface area contributed by atoms with Crippen molar-refractivity contribution in [1.29, 1.82) is 0 Å². The van der Waals surface area contributed by atoms with Crippen molar-refractivity contribution in [1.82, 2.24) is 5.32 Å². The molecule has 2 N–H and O–H groups in total. The van der Waals surface area contributed by atoms with Crippen molar-refractivity contribution in [3.05, 3.63) is 59.9 Å². The van der Waals surface area contributed by atoms with Crippen LogP contribution in [0.5, 0.6) is 0 Å². The van der Waals surface area contributed by atoms with Gasteiger partial charge in [0.25, 0.3) is 0 Å². The molecule has 2 aromatic rings. The number of halogens is 1. The summed E-state index contributed by atoms with van der Waals surface area (Å²) in [6.45, 7) is 2.95. The van der Waals surface area contributed by atoms with Crippen LogP contribution in [0.2, 0.25) is 0 Å². The first-order valence-electron chi connectivity index (χ1n) is 8.35. The van der Waals surface area contributed by atoms with Crippen LogP contribution in [-0.4, -0.2) is 24.7 Å². The molecular formula is C19H22FN3S. The van der Waals surface area contributed by atoms with Gasteiger partial charge in [-0.15, -0.1) is 0 Å². The zero-order valence-corrected chi connectivity index (χ0v) is 14.4. The minimum Gasteiger partial charge on any atom is -0.371 e. The van der Waals surface area contributed by atoms with E-state index in [0.717, 1.165) is 31.7 Å². The molecule has 0 atom stereocenters. The fourth-order valence-corrected chi connectivity index (χ4v) is 3.24. The maximum Gasteiger partial charge on any atom is 0.170 e. The Morgan fingerprint density at radius 2 is 1.92 bits per heavy atom. The second kappa shape index (κ2) is 8.11. The van der Waals surface area contributed by atoms with Crippen LogP contribution in [0, 0.1) is 5.82 Å². The van der Waals surface area contributed by atoms with E-state index >= 15 is 0 Å². The van der Waals surface area contributed by atoms with Gasteiger partial charge in [0, 0.05) is 31.0 Å². The van der Waals surface area contributed by atoms with Crippen molar-refractivity contribution in [2.24, 2.45) is 0 Å². The van der Waals surface area contributed by atoms with Crippen molar-refractivity contribution in [2.75, 3.05) is 29.9 Å². The molecule has 0 aliphatic carbocycles. The lowest BCUT2D eigenvalue weighted by molar-refractivity contribution is 0.628. The fraction of sp³-hybridized carbons (Fsp3) is 0.316. The largest absolute Gasteiger partial charge is 0.371 e. The van der Waals surface area contributed by atoms with E-state index in [1.54, 1.807) is 12.1 Å². The van der Waals surface area contributed by atoms with Gasteiger partial charge >= 0.3 is 0 Å². The lowest BCUT2D eigenvalue weighted by Gasteiger charge is -2.31. The lowest BCUT2D eigenvalue weighted by atomic mass is 10.0. The van der Waals surface area contributed by atoms with E-state index in [1.165, 1.54) is 36.2 Å². The predicted molar refractivity (Wildman–Crippen MR) is 102 cm³/mol. The average Bonchev–Trinajstić information content (AvgIpc) is 2.61. The second-order valence-corrected chi connectivity index (χ2v) is 6.37. The average molecular weight is 343 g/mol. The predicted octanol–water partition coefficient (Wildman–Crippen LogP) is 3.96. The quantitative estimate of drug-likeness (QED) is 0.635. The summed E-state index contributed by atoms with van der Waals surface area (Å²) < 4.78 is 12.9. The van der Waals surface area contributed by atoms with Gasteiger partial charge in [0.05, 0.1) is 0 Å². The molecule has 0 radical (unpaired) electrons. The van der Waals surface area contributed by atoms with Crippen molar-refractivity contribution in [3.8, 4) is 0 Å². The number of para-hydroxylation sites is 1. The molecule has 5 heteroatoms. The van der Waals surface area contributed by atoms with Crippen LogP contribution in [0.15, 0.2) is 48.5 Å². The normalized spacial score (nSPS) is 13.3. The van der Waals surface area contributed by atoms with Gasteiger partial charge in [-0.3, -0.25) is 0 Å². The molecule has 0 spiro atoms.